The first-order valence-electron chi connectivity index (χ1n) is 11.2. The monoisotopic (exact) mass is 540 g/mol. The molecule has 0 spiro atoms. The van der Waals surface area contributed by atoms with E-state index < -0.39 is 5.97 Å². The lowest BCUT2D eigenvalue weighted by atomic mass is 10.0. The molecule has 0 aliphatic rings. The van der Waals surface area contributed by atoms with E-state index in [-0.39, 0.29) is 11.7 Å². The van der Waals surface area contributed by atoms with Crippen molar-refractivity contribution >= 4 is 51.6 Å². The number of nitrogens with one attached hydrogen (secondary N) is 1. The number of halogens is 1. The SMILES string of the molecule is COC(=O)c1c(-c2ccc(Cl)cc2)csc1NC(=O)CSc1nnc(-c2ccc(C(C)C)cc2)n1C. The van der Waals surface area contributed by atoms with Gasteiger partial charge in [0.25, 0.3) is 0 Å². The molecule has 1 amide bonds. The number of carbonyl (C=O) groups is 2. The highest BCUT2D eigenvalue weighted by Crippen LogP contribution is 2.37. The van der Waals surface area contributed by atoms with Crippen molar-refractivity contribution in [1.82, 2.24) is 14.8 Å². The quantitative estimate of drug-likeness (QED) is 0.203. The molecular formula is C26H25ClN4O3S2. The highest BCUT2D eigenvalue weighted by atomic mass is 35.5. The second kappa shape index (κ2) is 11.3. The number of aromatic nitrogens is 3. The predicted octanol–water partition coefficient (Wildman–Crippen LogP) is 6.50. The predicted molar refractivity (Wildman–Crippen MR) is 146 cm³/mol. The standard InChI is InChI=1S/C26H25ClN4O3S2/c1-15(2)16-5-7-18(8-6-16)23-29-30-26(31(23)3)36-14-21(32)28-24-22(25(33)34-4)20(13-35-24)17-9-11-19(27)12-10-17/h5-13,15H,14H2,1-4H3,(H,28,32). The Morgan fingerprint density at radius 2 is 1.75 bits per heavy atom. The largest absolute Gasteiger partial charge is 0.465 e. The first-order chi connectivity index (χ1) is 17.3. The number of esters is 1. The summed E-state index contributed by atoms with van der Waals surface area (Å²) in [6.45, 7) is 4.31. The average Bonchev–Trinajstić information content (AvgIpc) is 3.46. The summed E-state index contributed by atoms with van der Waals surface area (Å²) in [7, 11) is 3.19. The summed E-state index contributed by atoms with van der Waals surface area (Å²) >= 11 is 8.54. The molecule has 186 valence electrons. The maximum absolute atomic E-state index is 12.8. The fourth-order valence-corrected chi connectivity index (χ4v) is 5.41. The third-order valence-corrected chi connectivity index (χ3v) is 7.76. The highest BCUT2D eigenvalue weighted by Gasteiger charge is 2.23. The molecule has 2 aromatic carbocycles. The van der Waals surface area contributed by atoms with Crippen molar-refractivity contribution in [3.8, 4) is 22.5 Å². The van der Waals surface area contributed by atoms with E-state index in [9.17, 15) is 9.59 Å². The molecule has 0 saturated carbocycles. The topological polar surface area (TPSA) is 86.1 Å². The second-order valence-corrected chi connectivity index (χ2v) is 10.6. The van der Waals surface area contributed by atoms with Crippen LogP contribution in [0.15, 0.2) is 59.1 Å². The molecule has 0 aliphatic carbocycles. The van der Waals surface area contributed by atoms with E-state index in [1.807, 2.05) is 41.3 Å². The number of rotatable bonds is 8. The zero-order chi connectivity index (χ0) is 25.8. The van der Waals surface area contributed by atoms with Crippen LogP contribution in [0.3, 0.4) is 0 Å². The number of carbonyl (C=O) groups excluding carboxylic acids is 2. The van der Waals surface area contributed by atoms with Gasteiger partial charge in [-0.1, -0.05) is 73.6 Å². The van der Waals surface area contributed by atoms with Gasteiger partial charge in [-0.15, -0.1) is 21.5 Å². The second-order valence-electron chi connectivity index (χ2n) is 8.33. The Morgan fingerprint density at radius 1 is 1.08 bits per heavy atom. The molecule has 7 nitrogen and oxygen atoms in total. The van der Waals surface area contributed by atoms with Gasteiger partial charge in [0.05, 0.1) is 12.9 Å². The molecule has 36 heavy (non-hydrogen) atoms. The van der Waals surface area contributed by atoms with Crippen molar-refractivity contribution in [2.24, 2.45) is 7.05 Å². The van der Waals surface area contributed by atoms with Crippen molar-refractivity contribution in [2.45, 2.75) is 24.9 Å². The van der Waals surface area contributed by atoms with Gasteiger partial charge in [0.2, 0.25) is 5.91 Å². The minimum absolute atomic E-state index is 0.104. The van der Waals surface area contributed by atoms with E-state index in [1.54, 1.807) is 12.1 Å². The molecule has 10 heteroatoms. The number of methoxy groups -OCH3 is 1. The summed E-state index contributed by atoms with van der Waals surface area (Å²) < 4.78 is 6.84. The van der Waals surface area contributed by atoms with Gasteiger partial charge in [-0.05, 0) is 29.2 Å². The molecule has 0 atom stereocenters. The smallest absolute Gasteiger partial charge is 0.341 e. The Balaban J connectivity index is 1.46. The minimum atomic E-state index is -0.523. The fourth-order valence-electron chi connectivity index (χ4n) is 3.60. The third kappa shape index (κ3) is 5.64. The molecule has 4 aromatic rings. The highest BCUT2D eigenvalue weighted by molar-refractivity contribution is 7.99. The Kier molecular flexibility index (Phi) is 8.13. The van der Waals surface area contributed by atoms with Gasteiger partial charge < -0.3 is 14.6 Å². The van der Waals surface area contributed by atoms with E-state index in [4.69, 9.17) is 16.3 Å². The number of benzene rings is 2. The molecule has 0 unspecified atom stereocenters. The van der Waals surface area contributed by atoms with Crippen LogP contribution in [0.25, 0.3) is 22.5 Å². The van der Waals surface area contributed by atoms with E-state index in [0.29, 0.717) is 32.2 Å². The summed E-state index contributed by atoms with van der Waals surface area (Å²) in [5.74, 6) is 0.499. The molecule has 1 N–H and O–H groups in total. The van der Waals surface area contributed by atoms with Gasteiger partial charge in [0, 0.05) is 28.6 Å². The summed E-state index contributed by atoms with van der Waals surface area (Å²) in [6, 6.07) is 15.4. The summed E-state index contributed by atoms with van der Waals surface area (Å²) in [4.78, 5) is 25.3. The Bertz CT molecular complexity index is 1380. The number of anilines is 1. The molecule has 4 rings (SSSR count). The lowest BCUT2D eigenvalue weighted by molar-refractivity contribution is -0.113. The van der Waals surface area contributed by atoms with Crippen LogP contribution in [-0.2, 0) is 16.6 Å². The molecule has 0 bridgehead atoms. The van der Waals surface area contributed by atoms with E-state index in [0.717, 1.165) is 17.0 Å². The van der Waals surface area contributed by atoms with Crippen molar-refractivity contribution in [2.75, 3.05) is 18.2 Å². The number of thiophene rings is 1. The number of thioether (sulfide) groups is 1. The number of hydrogen-bond acceptors (Lipinski definition) is 7. The zero-order valence-corrected chi connectivity index (χ0v) is 22.6. The van der Waals surface area contributed by atoms with Crippen LogP contribution in [0, 0.1) is 0 Å². The summed E-state index contributed by atoms with van der Waals surface area (Å²) in [5, 5.41) is 14.9. The molecule has 0 aliphatic heterocycles. The van der Waals surface area contributed by atoms with Gasteiger partial charge in [-0.2, -0.15) is 0 Å². The van der Waals surface area contributed by atoms with Gasteiger partial charge in [-0.3, -0.25) is 4.79 Å². The fraction of sp³-hybridized carbons (Fsp3) is 0.231. The van der Waals surface area contributed by atoms with Crippen LogP contribution >= 0.6 is 34.7 Å². The van der Waals surface area contributed by atoms with Gasteiger partial charge in [0.15, 0.2) is 11.0 Å². The van der Waals surface area contributed by atoms with Crippen LogP contribution in [0.1, 0.15) is 35.7 Å². The third-order valence-electron chi connectivity index (χ3n) is 5.59. The maximum atomic E-state index is 12.8. The van der Waals surface area contributed by atoms with Gasteiger partial charge in [0.1, 0.15) is 10.6 Å². The first kappa shape index (κ1) is 25.9. The first-order valence-corrected chi connectivity index (χ1v) is 13.4. The number of hydrogen-bond donors (Lipinski definition) is 1. The lowest BCUT2D eigenvalue weighted by Crippen LogP contribution is -2.16. The Hall–Kier alpha value is -3.14. The van der Waals surface area contributed by atoms with E-state index in [2.05, 4.69) is 41.5 Å². The van der Waals surface area contributed by atoms with Gasteiger partial charge in [-0.25, -0.2) is 4.79 Å². The van der Waals surface area contributed by atoms with Crippen molar-refractivity contribution < 1.29 is 14.3 Å². The van der Waals surface area contributed by atoms with E-state index in [1.165, 1.54) is 35.8 Å². The molecular weight excluding hydrogens is 516 g/mol. The molecule has 2 aromatic heterocycles. The van der Waals surface area contributed by atoms with Crippen molar-refractivity contribution in [3.05, 3.63) is 70.1 Å². The molecule has 0 fully saturated rings. The van der Waals surface area contributed by atoms with Crippen molar-refractivity contribution in [3.63, 3.8) is 0 Å². The number of ether oxygens (including phenoxy) is 1. The Labute approximate surface area is 222 Å². The lowest BCUT2D eigenvalue weighted by Gasteiger charge is -2.08. The van der Waals surface area contributed by atoms with E-state index >= 15 is 0 Å². The number of amides is 1. The maximum Gasteiger partial charge on any atom is 0.341 e. The average molecular weight is 541 g/mol. The van der Waals surface area contributed by atoms with Crippen LogP contribution in [0.4, 0.5) is 5.00 Å². The normalized spacial score (nSPS) is 11.1. The summed E-state index contributed by atoms with van der Waals surface area (Å²) in [5.41, 5.74) is 4.01. The van der Waals surface area contributed by atoms with Gasteiger partial charge >= 0.3 is 5.97 Å². The van der Waals surface area contributed by atoms with Crippen LogP contribution in [0.2, 0.25) is 5.02 Å². The van der Waals surface area contributed by atoms with Crippen LogP contribution in [-0.4, -0.2) is 39.5 Å². The van der Waals surface area contributed by atoms with Crippen molar-refractivity contribution in [1.29, 1.82) is 0 Å². The zero-order valence-electron chi connectivity index (χ0n) is 20.2. The molecule has 0 saturated heterocycles. The van der Waals surface area contributed by atoms with Crippen LogP contribution < -0.4 is 5.32 Å². The Morgan fingerprint density at radius 3 is 2.39 bits per heavy atom. The summed E-state index contributed by atoms with van der Waals surface area (Å²) in [6.07, 6.45) is 0. The minimum Gasteiger partial charge on any atom is -0.465 e. The van der Waals surface area contributed by atoms with Crippen LogP contribution in [0.5, 0.6) is 0 Å². The molecule has 2 heterocycles. The molecule has 0 radical (unpaired) electrons. The number of nitrogens with zero attached hydrogens (tertiary/aromatic N) is 3.